The van der Waals surface area contributed by atoms with Gasteiger partial charge < -0.3 is 19.7 Å². The van der Waals surface area contributed by atoms with Gasteiger partial charge >= 0.3 is 13.2 Å². The Hall–Kier alpha value is -1.28. The van der Waals surface area contributed by atoms with Gasteiger partial charge in [-0.1, -0.05) is 11.6 Å². The molecule has 1 heterocycles. The summed E-state index contributed by atoms with van der Waals surface area (Å²) in [7, 11) is -1.57. The van der Waals surface area contributed by atoms with Crippen LogP contribution in [-0.2, 0) is 11.3 Å². The zero-order valence-electron chi connectivity index (χ0n) is 16.1. The fourth-order valence-electron chi connectivity index (χ4n) is 3.17. The van der Waals surface area contributed by atoms with Crippen molar-refractivity contribution in [3.8, 4) is 0 Å². The summed E-state index contributed by atoms with van der Waals surface area (Å²) in [5.41, 5.74) is 1.70. The highest BCUT2D eigenvalue weighted by Crippen LogP contribution is 2.20. The highest BCUT2D eigenvalue weighted by Gasteiger charge is 2.31. The molecule has 1 saturated heterocycles. The molecular formula is C18H28BClN2O4. The number of ether oxygens (including phenoxy) is 1. The van der Waals surface area contributed by atoms with Gasteiger partial charge in [0, 0.05) is 37.2 Å². The highest BCUT2D eigenvalue weighted by molar-refractivity contribution is 6.59. The van der Waals surface area contributed by atoms with Crippen LogP contribution in [0.4, 0.5) is 4.79 Å². The largest absolute Gasteiger partial charge is 0.488 e. The molecule has 1 aromatic rings. The van der Waals surface area contributed by atoms with Crippen LogP contribution in [0.2, 0.25) is 5.02 Å². The third-order valence-electron chi connectivity index (χ3n) is 4.53. The molecule has 0 radical (unpaired) electrons. The Kier molecular flexibility index (Phi) is 6.61. The summed E-state index contributed by atoms with van der Waals surface area (Å²) in [5, 5.41) is 19.8. The normalized spacial score (nSPS) is 18.8. The number of aryl methyl sites for hydroxylation is 1. The lowest BCUT2D eigenvalue weighted by Gasteiger charge is -2.40. The quantitative estimate of drug-likeness (QED) is 0.780. The average Bonchev–Trinajstić information content (AvgIpc) is 2.49. The molecule has 0 spiro atoms. The van der Waals surface area contributed by atoms with Crippen molar-refractivity contribution in [2.24, 2.45) is 0 Å². The third kappa shape index (κ3) is 5.36. The topological polar surface area (TPSA) is 73.2 Å². The molecule has 8 heteroatoms. The molecule has 1 amide bonds. The van der Waals surface area contributed by atoms with E-state index in [0.29, 0.717) is 36.7 Å². The number of hydrogen-bond donors (Lipinski definition) is 2. The molecule has 26 heavy (non-hydrogen) atoms. The maximum Gasteiger partial charge on any atom is 0.488 e. The molecule has 0 aromatic heterocycles. The number of amides is 1. The standard InChI is InChI=1S/C18H28BClN2O4/c1-12-8-14(20)9-16(19(24)25)15(12)11-21-6-7-22(10-13(21)2)17(23)26-18(3,4)5/h8-9,13,24-25H,6-7,10-11H2,1-5H3. The second-order valence-electron chi connectivity index (χ2n) is 7.91. The first kappa shape index (κ1) is 21.0. The van der Waals surface area contributed by atoms with Crippen molar-refractivity contribution < 1.29 is 19.6 Å². The van der Waals surface area contributed by atoms with Gasteiger partial charge in [-0.25, -0.2) is 4.79 Å². The number of benzene rings is 1. The van der Waals surface area contributed by atoms with Gasteiger partial charge in [0.05, 0.1) is 0 Å². The summed E-state index contributed by atoms with van der Waals surface area (Å²) in [5.74, 6) is 0. The minimum atomic E-state index is -1.57. The zero-order valence-corrected chi connectivity index (χ0v) is 16.9. The van der Waals surface area contributed by atoms with E-state index < -0.39 is 12.7 Å². The minimum absolute atomic E-state index is 0.120. The van der Waals surface area contributed by atoms with Crippen molar-refractivity contribution in [3.05, 3.63) is 28.3 Å². The maximum atomic E-state index is 12.3. The Balaban J connectivity index is 2.09. The van der Waals surface area contributed by atoms with Gasteiger partial charge in [0.2, 0.25) is 0 Å². The zero-order chi connectivity index (χ0) is 19.6. The van der Waals surface area contributed by atoms with E-state index in [9.17, 15) is 14.8 Å². The van der Waals surface area contributed by atoms with Crippen LogP contribution >= 0.6 is 11.6 Å². The number of nitrogens with zero attached hydrogens (tertiary/aromatic N) is 2. The summed E-state index contributed by atoms with van der Waals surface area (Å²) in [6.45, 7) is 11.9. The summed E-state index contributed by atoms with van der Waals surface area (Å²) < 4.78 is 5.45. The second-order valence-corrected chi connectivity index (χ2v) is 8.35. The Labute approximate surface area is 160 Å². The molecule has 1 fully saturated rings. The molecule has 0 aliphatic carbocycles. The van der Waals surface area contributed by atoms with E-state index in [1.54, 1.807) is 11.0 Å². The van der Waals surface area contributed by atoms with Gasteiger partial charge in [0.1, 0.15) is 5.60 Å². The van der Waals surface area contributed by atoms with Crippen molar-refractivity contribution in [1.82, 2.24) is 9.80 Å². The Morgan fingerprint density at radius 2 is 2.00 bits per heavy atom. The first-order chi connectivity index (χ1) is 12.0. The van der Waals surface area contributed by atoms with E-state index in [-0.39, 0.29) is 12.1 Å². The van der Waals surface area contributed by atoms with Crippen LogP contribution < -0.4 is 5.46 Å². The molecule has 1 atom stereocenters. The fraction of sp³-hybridized carbons (Fsp3) is 0.611. The van der Waals surface area contributed by atoms with Gasteiger partial charge in [-0.05, 0) is 63.3 Å². The van der Waals surface area contributed by atoms with Crippen LogP contribution in [0.15, 0.2) is 12.1 Å². The van der Waals surface area contributed by atoms with E-state index >= 15 is 0 Å². The first-order valence-electron chi connectivity index (χ1n) is 8.85. The molecule has 1 unspecified atom stereocenters. The summed E-state index contributed by atoms with van der Waals surface area (Å²) in [6, 6.07) is 3.54. The van der Waals surface area contributed by atoms with E-state index in [0.717, 1.165) is 11.1 Å². The summed E-state index contributed by atoms with van der Waals surface area (Å²) in [6.07, 6.45) is -0.293. The molecular weight excluding hydrogens is 354 g/mol. The van der Waals surface area contributed by atoms with Crippen LogP contribution in [0.25, 0.3) is 0 Å². The van der Waals surface area contributed by atoms with Gasteiger partial charge in [-0.2, -0.15) is 0 Å². The van der Waals surface area contributed by atoms with E-state index in [1.807, 2.05) is 33.8 Å². The molecule has 1 aliphatic rings. The average molecular weight is 383 g/mol. The van der Waals surface area contributed by atoms with Crippen molar-refractivity contribution >= 4 is 30.3 Å². The number of piperazine rings is 1. The van der Waals surface area contributed by atoms with Crippen LogP contribution in [0.5, 0.6) is 0 Å². The van der Waals surface area contributed by atoms with E-state index in [4.69, 9.17) is 16.3 Å². The molecule has 0 saturated carbocycles. The molecule has 1 aromatic carbocycles. The lowest BCUT2D eigenvalue weighted by atomic mass is 9.75. The second kappa shape index (κ2) is 8.17. The molecule has 0 bridgehead atoms. The van der Waals surface area contributed by atoms with Gasteiger partial charge in [0.25, 0.3) is 0 Å². The lowest BCUT2D eigenvalue weighted by Crippen LogP contribution is -2.54. The summed E-state index contributed by atoms with van der Waals surface area (Å²) >= 11 is 6.05. The predicted octanol–water partition coefficient (Wildman–Crippen LogP) is 1.77. The SMILES string of the molecule is Cc1cc(Cl)cc(B(O)O)c1CN1CCN(C(=O)OC(C)(C)C)CC1C. The number of halogens is 1. The van der Waals surface area contributed by atoms with Crippen LogP contribution in [0.1, 0.15) is 38.8 Å². The number of carbonyl (C=O) groups excluding carboxylic acids is 1. The molecule has 2 N–H and O–H groups in total. The first-order valence-corrected chi connectivity index (χ1v) is 9.22. The smallest absolute Gasteiger partial charge is 0.444 e. The van der Waals surface area contributed by atoms with Gasteiger partial charge in [0.15, 0.2) is 0 Å². The van der Waals surface area contributed by atoms with E-state index in [2.05, 4.69) is 11.8 Å². The van der Waals surface area contributed by atoms with Crippen LogP contribution in [-0.4, -0.2) is 64.3 Å². The Morgan fingerprint density at radius 1 is 1.35 bits per heavy atom. The molecule has 144 valence electrons. The summed E-state index contributed by atoms with van der Waals surface area (Å²) in [4.78, 5) is 16.2. The van der Waals surface area contributed by atoms with E-state index in [1.165, 1.54) is 0 Å². The predicted molar refractivity (Wildman–Crippen MR) is 104 cm³/mol. The highest BCUT2D eigenvalue weighted by atomic mass is 35.5. The lowest BCUT2D eigenvalue weighted by molar-refractivity contribution is 0.00462. The monoisotopic (exact) mass is 382 g/mol. The van der Waals surface area contributed by atoms with Crippen LogP contribution in [0, 0.1) is 6.92 Å². The molecule has 1 aliphatic heterocycles. The third-order valence-corrected chi connectivity index (χ3v) is 4.75. The number of carbonyl (C=O) groups is 1. The van der Waals surface area contributed by atoms with Crippen molar-refractivity contribution in [3.63, 3.8) is 0 Å². The van der Waals surface area contributed by atoms with Crippen molar-refractivity contribution in [2.75, 3.05) is 19.6 Å². The van der Waals surface area contributed by atoms with Gasteiger partial charge in [-0.15, -0.1) is 0 Å². The van der Waals surface area contributed by atoms with Gasteiger partial charge in [-0.3, -0.25) is 4.90 Å². The molecule has 6 nitrogen and oxygen atoms in total. The van der Waals surface area contributed by atoms with Crippen LogP contribution in [0.3, 0.4) is 0 Å². The Morgan fingerprint density at radius 3 is 2.54 bits per heavy atom. The number of hydrogen-bond acceptors (Lipinski definition) is 5. The molecule has 2 rings (SSSR count). The van der Waals surface area contributed by atoms with Crippen molar-refractivity contribution in [2.45, 2.75) is 52.8 Å². The number of rotatable bonds is 3. The minimum Gasteiger partial charge on any atom is -0.444 e. The van der Waals surface area contributed by atoms with Crippen molar-refractivity contribution in [1.29, 1.82) is 0 Å². The maximum absolute atomic E-state index is 12.3. The Bertz CT molecular complexity index is 663. The fourth-order valence-corrected chi connectivity index (χ4v) is 3.45.